The van der Waals surface area contributed by atoms with Gasteiger partial charge in [0, 0.05) is 36.4 Å². The molecule has 7 aliphatic rings. The fraction of sp³-hybridized carbons (Fsp3) is 0.750. The van der Waals surface area contributed by atoms with Crippen molar-refractivity contribution in [3.8, 4) is 0 Å². The minimum atomic E-state index is -5.20. The maximum atomic E-state index is 14.0. The maximum absolute atomic E-state index is 14.0. The minimum absolute atomic E-state index is 0.00888. The molecule has 75 heavy (non-hydrogen) atoms. The number of aliphatic hydroxyl groups is 8. The summed E-state index contributed by atoms with van der Waals surface area (Å²) >= 11 is 0. The van der Waals surface area contributed by atoms with Crippen molar-refractivity contribution >= 4 is 22.1 Å². The minimum Gasteiger partial charge on any atom is -0.458 e. The van der Waals surface area contributed by atoms with Gasteiger partial charge in [-0.05, 0) is 115 Å². The van der Waals surface area contributed by atoms with Crippen molar-refractivity contribution in [3.63, 3.8) is 0 Å². The van der Waals surface area contributed by atoms with Crippen LogP contribution in [0.1, 0.15) is 131 Å². The van der Waals surface area contributed by atoms with E-state index in [1.807, 2.05) is 26.8 Å². The number of allylic oxidation sites excluding steroid dienone is 7. The van der Waals surface area contributed by atoms with Crippen molar-refractivity contribution in [2.24, 2.45) is 34.1 Å². The van der Waals surface area contributed by atoms with Gasteiger partial charge in [-0.2, -0.15) is 8.42 Å². The van der Waals surface area contributed by atoms with Gasteiger partial charge in [-0.3, -0.25) is 14.3 Å². The monoisotopic (exact) mass is 1080 g/mol. The lowest BCUT2D eigenvalue weighted by Crippen LogP contribution is -2.51. The first-order valence-corrected chi connectivity index (χ1v) is 28.6. The highest BCUT2D eigenvalue weighted by Crippen LogP contribution is 2.53. The van der Waals surface area contributed by atoms with Crippen LogP contribution in [0.15, 0.2) is 76.4 Å². The summed E-state index contributed by atoms with van der Waals surface area (Å²) in [5.41, 5.74) is 4.72. The fourth-order valence-corrected chi connectivity index (χ4v) is 13.2. The van der Waals surface area contributed by atoms with Crippen molar-refractivity contribution in [1.29, 1.82) is 0 Å². The largest absolute Gasteiger partial charge is 0.458 e. The third-order valence-electron chi connectivity index (χ3n) is 17.3. The number of ether oxygens (including phenoxy) is 4. The van der Waals surface area contributed by atoms with Gasteiger partial charge in [0.25, 0.3) is 0 Å². The van der Waals surface area contributed by atoms with E-state index in [2.05, 4.69) is 38.7 Å². The molecule has 422 valence electrons. The molecule has 19 heteroatoms. The van der Waals surface area contributed by atoms with Gasteiger partial charge in [-0.1, -0.05) is 86.1 Å². The maximum Gasteiger partial charge on any atom is 0.397 e. The van der Waals surface area contributed by atoms with Crippen molar-refractivity contribution in [3.05, 3.63) is 71.4 Å². The number of carbonyl (C=O) groups excluding carboxylic acids is 1. The molecule has 18 nitrogen and oxygen atoms in total. The molecule has 6 heterocycles. The molecule has 9 bridgehead atoms. The van der Waals surface area contributed by atoms with E-state index >= 15 is 0 Å². The Hall–Kier alpha value is -2.99. The first kappa shape index (κ1) is 59.7. The molecular formula is C56H85NO17S. The van der Waals surface area contributed by atoms with Crippen LogP contribution in [0.25, 0.3) is 0 Å². The SMILES string of the molecule is C=C1CCC2OC(CC3=CC4C(C)=CCC(C)CC(C=CC(O)C5CC(O)C(O)C(CCC(O)C=CC(C)=CCCC6=NCCC(C3)C64C)O5)OC(=O)CC3OC(C(O)CC1C)C(O)C3OS(=O)(=O)O)C(O)CC2O. The number of hydrogen-bond donors (Lipinski definition) is 9. The first-order valence-electron chi connectivity index (χ1n) is 27.3. The van der Waals surface area contributed by atoms with Crippen molar-refractivity contribution in [2.75, 3.05) is 6.54 Å². The third-order valence-corrected chi connectivity index (χ3v) is 17.7. The molecule has 9 N–H and O–H groups in total. The Morgan fingerprint density at radius 1 is 0.747 bits per heavy atom. The van der Waals surface area contributed by atoms with Crippen LogP contribution >= 0.6 is 0 Å². The van der Waals surface area contributed by atoms with Crippen LogP contribution in [0.4, 0.5) is 0 Å². The molecule has 6 aliphatic heterocycles. The Balaban J connectivity index is 1.27. The van der Waals surface area contributed by atoms with E-state index in [0.717, 1.165) is 36.1 Å². The Bertz CT molecular complexity index is 2280. The molecule has 0 aromatic heterocycles. The highest BCUT2D eigenvalue weighted by Gasteiger charge is 2.52. The molecule has 0 aromatic rings. The Kier molecular flexibility index (Phi) is 20.6. The van der Waals surface area contributed by atoms with Gasteiger partial charge in [0.1, 0.15) is 30.5 Å². The highest BCUT2D eigenvalue weighted by molar-refractivity contribution is 7.80. The molecule has 3 saturated heterocycles. The molecule has 7 rings (SSSR count). The Labute approximate surface area is 442 Å². The summed E-state index contributed by atoms with van der Waals surface area (Å²) in [7, 11) is -5.20. The third kappa shape index (κ3) is 15.2. The number of carbonyl (C=O) groups is 1. The number of nitrogens with zero attached hydrogens (tertiary/aromatic N) is 1. The number of fused-ring (bicyclic) bond motifs is 10. The predicted molar refractivity (Wildman–Crippen MR) is 278 cm³/mol. The van der Waals surface area contributed by atoms with E-state index in [1.54, 1.807) is 6.08 Å². The molecule has 3 fully saturated rings. The van der Waals surface area contributed by atoms with Crippen LogP contribution in [-0.2, 0) is 38.3 Å². The number of aliphatic hydroxyl groups excluding tert-OH is 8. The first-order chi connectivity index (χ1) is 35.4. The molecule has 1 aliphatic carbocycles. The van der Waals surface area contributed by atoms with Crippen molar-refractivity contribution in [2.45, 2.75) is 229 Å². The highest BCUT2D eigenvalue weighted by atomic mass is 32.3. The molecule has 21 unspecified atom stereocenters. The molecule has 0 spiro atoms. The van der Waals surface area contributed by atoms with E-state index in [1.165, 1.54) is 17.7 Å². The average molecular weight is 1080 g/mol. The second kappa shape index (κ2) is 25.9. The van der Waals surface area contributed by atoms with Crippen LogP contribution in [0.5, 0.6) is 0 Å². The normalized spacial score (nSPS) is 43.7. The van der Waals surface area contributed by atoms with Crippen LogP contribution in [0.3, 0.4) is 0 Å². The van der Waals surface area contributed by atoms with Crippen LogP contribution in [0.2, 0.25) is 0 Å². The number of aliphatic imine (C=N–C) groups is 1. The zero-order valence-corrected chi connectivity index (χ0v) is 45.1. The van der Waals surface area contributed by atoms with Gasteiger partial charge >= 0.3 is 16.4 Å². The van der Waals surface area contributed by atoms with Crippen LogP contribution in [0, 0.1) is 29.1 Å². The summed E-state index contributed by atoms with van der Waals surface area (Å²) in [5, 5.41) is 89.8. The van der Waals surface area contributed by atoms with Crippen molar-refractivity contribution in [1.82, 2.24) is 0 Å². The summed E-state index contributed by atoms with van der Waals surface area (Å²) in [5.74, 6) is -1.29. The number of hydrogen-bond acceptors (Lipinski definition) is 17. The van der Waals surface area contributed by atoms with E-state index in [9.17, 15) is 58.6 Å². The van der Waals surface area contributed by atoms with Gasteiger partial charge in [-0.25, -0.2) is 4.18 Å². The lowest BCUT2D eigenvalue weighted by atomic mass is 9.55. The molecule has 21 atom stereocenters. The quantitative estimate of drug-likeness (QED) is 0.104. The second-order valence-electron chi connectivity index (χ2n) is 23.0. The average Bonchev–Trinajstić information content (AvgIpc) is 3.63. The lowest BCUT2D eigenvalue weighted by molar-refractivity contribution is -0.189. The van der Waals surface area contributed by atoms with Gasteiger partial charge in [0.15, 0.2) is 0 Å². The van der Waals surface area contributed by atoms with Crippen LogP contribution < -0.4 is 0 Å². The van der Waals surface area contributed by atoms with Crippen LogP contribution in [-0.4, -0.2) is 170 Å². The predicted octanol–water partition coefficient (Wildman–Crippen LogP) is 4.62. The summed E-state index contributed by atoms with van der Waals surface area (Å²) in [6, 6.07) is 0. The van der Waals surface area contributed by atoms with Gasteiger partial charge in [-0.15, -0.1) is 0 Å². The smallest absolute Gasteiger partial charge is 0.397 e. The van der Waals surface area contributed by atoms with E-state index in [-0.39, 0.29) is 67.6 Å². The summed E-state index contributed by atoms with van der Waals surface area (Å²) in [4.78, 5) is 19.2. The zero-order valence-electron chi connectivity index (χ0n) is 44.3. The van der Waals surface area contributed by atoms with Crippen molar-refractivity contribution < 1.29 is 81.7 Å². The number of esters is 1. The Morgan fingerprint density at radius 3 is 2.23 bits per heavy atom. The lowest BCUT2D eigenvalue weighted by Gasteiger charge is -2.50. The topological polar surface area (TPSA) is 292 Å². The van der Waals surface area contributed by atoms with E-state index in [4.69, 9.17) is 28.1 Å². The molecule has 0 amide bonds. The Morgan fingerprint density at radius 2 is 1.48 bits per heavy atom. The van der Waals surface area contributed by atoms with Gasteiger partial charge in [0.2, 0.25) is 0 Å². The molecule has 0 aromatic carbocycles. The van der Waals surface area contributed by atoms with Gasteiger partial charge < -0.3 is 59.8 Å². The van der Waals surface area contributed by atoms with E-state index in [0.29, 0.717) is 44.2 Å². The molecule has 0 radical (unpaired) electrons. The molecule has 0 saturated carbocycles. The summed E-state index contributed by atoms with van der Waals surface area (Å²) in [6.07, 6.45) is -0.705. The standard InChI is InChI=1S/C56H85NO17S/c1-30-8-7-9-50-56(6)36(20-21-57-50)24-35-25-39(56)33(4)12-10-31(2)22-38(16-17-40(59)48-28-43(62)52(65)46(72-48)19-15-37(58)14-11-30)70-51(64)29-49-55(74-75(67,68)69)53(66)54(73-49)44(63)23-34(5)32(3)13-18-45-41(60)27-42(61)47(26-35)71-45/h8,11-12,14,16-17,25,31,34,36-49,52-55,58-63,65-66H,3,7,9-10,13,15,18-24,26-29H2,1-2,4-6H3,(H,67,68,69). The summed E-state index contributed by atoms with van der Waals surface area (Å²) < 4.78 is 63.6. The summed E-state index contributed by atoms with van der Waals surface area (Å²) in [6.45, 7) is 15.2. The molecular weight excluding hydrogens is 991 g/mol. The van der Waals surface area contributed by atoms with Gasteiger partial charge in [0.05, 0.1) is 73.6 Å². The zero-order chi connectivity index (χ0) is 54.5. The fourth-order valence-electron chi connectivity index (χ4n) is 12.7. The second-order valence-corrected chi connectivity index (χ2v) is 24.1. The number of rotatable bonds is 2. The van der Waals surface area contributed by atoms with E-state index < -0.39 is 120 Å².